The van der Waals surface area contributed by atoms with E-state index >= 15 is 0 Å². The fourth-order valence-corrected chi connectivity index (χ4v) is 7.17. The molecule has 4 aromatic rings. The zero-order valence-corrected chi connectivity index (χ0v) is 27.3. The molecule has 0 radical (unpaired) electrons. The molecular weight excluding hydrogens is 702 g/mol. The van der Waals surface area contributed by atoms with Gasteiger partial charge in [0.2, 0.25) is 0 Å². The molecule has 9 nitrogen and oxygen atoms in total. The third kappa shape index (κ3) is 6.41. The van der Waals surface area contributed by atoms with Crippen LogP contribution in [0.5, 0.6) is 5.75 Å². The molecule has 1 aliphatic heterocycles. The zero-order chi connectivity index (χ0) is 30.8. The Hall–Kier alpha value is -3.87. The second-order valence-electron chi connectivity index (χ2n) is 9.74. The number of allylic oxidation sites excluding steroid dienone is 1. The van der Waals surface area contributed by atoms with Crippen molar-refractivity contribution in [2.75, 3.05) is 6.61 Å². The highest BCUT2D eigenvalue weighted by Crippen LogP contribution is 2.36. The van der Waals surface area contributed by atoms with Crippen LogP contribution in [0.1, 0.15) is 42.1 Å². The second-order valence-corrected chi connectivity index (χ2v) is 12.5. The first-order chi connectivity index (χ1) is 20.6. The topological polar surface area (TPSA) is 113 Å². The zero-order valence-electron chi connectivity index (χ0n) is 23.3. The van der Waals surface area contributed by atoms with Crippen molar-refractivity contribution in [3.05, 3.63) is 133 Å². The minimum Gasteiger partial charge on any atom is -0.487 e. The molecule has 3 aromatic carbocycles. The number of aryl methyl sites for hydroxylation is 1. The van der Waals surface area contributed by atoms with Gasteiger partial charge in [-0.25, -0.2) is 9.79 Å². The predicted octanol–water partition coefficient (Wildman–Crippen LogP) is 6.12. The van der Waals surface area contributed by atoms with Crippen molar-refractivity contribution < 1.29 is 19.2 Å². The maximum atomic E-state index is 13.9. The van der Waals surface area contributed by atoms with E-state index in [1.807, 2.05) is 43.3 Å². The third-order valence-corrected chi connectivity index (χ3v) is 8.92. The quantitative estimate of drug-likeness (QED) is 0.123. The fourth-order valence-electron chi connectivity index (χ4n) is 4.68. The Morgan fingerprint density at radius 2 is 1.74 bits per heavy atom. The van der Waals surface area contributed by atoms with Gasteiger partial charge >= 0.3 is 5.97 Å². The van der Waals surface area contributed by atoms with E-state index in [9.17, 15) is 19.7 Å². The number of carbonyl (C=O) groups excluding carboxylic acids is 1. The Balaban J connectivity index is 1.51. The molecule has 2 heterocycles. The van der Waals surface area contributed by atoms with Gasteiger partial charge in [-0.15, -0.1) is 0 Å². The lowest BCUT2D eigenvalue weighted by atomic mass is 9.95. The summed E-state index contributed by atoms with van der Waals surface area (Å²) in [6, 6.07) is 16.9. The Bertz CT molecular complexity index is 1920. The van der Waals surface area contributed by atoms with Crippen molar-refractivity contribution in [2.45, 2.75) is 33.4 Å². The van der Waals surface area contributed by atoms with Crippen molar-refractivity contribution in [1.29, 1.82) is 0 Å². The molecule has 0 aliphatic carbocycles. The number of ether oxygens (including phenoxy) is 2. The molecule has 0 unspecified atom stereocenters. The van der Waals surface area contributed by atoms with Crippen LogP contribution >= 0.6 is 43.2 Å². The Morgan fingerprint density at radius 1 is 1.09 bits per heavy atom. The number of nitrogens with zero attached hydrogens (tertiary/aromatic N) is 3. The molecular formula is C31H25Br2N3O6S. The van der Waals surface area contributed by atoms with E-state index in [-0.39, 0.29) is 24.5 Å². The van der Waals surface area contributed by atoms with Crippen molar-refractivity contribution in [1.82, 2.24) is 4.57 Å². The molecule has 0 saturated heterocycles. The molecule has 5 rings (SSSR count). The maximum Gasteiger partial charge on any atom is 0.338 e. The molecule has 1 atom stereocenters. The highest BCUT2D eigenvalue weighted by Gasteiger charge is 2.33. The van der Waals surface area contributed by atoms with Crippen LogP contribution in [0.3, 0.4) is 0 Å². The lowest BCUT2D eigenvalue weighted by molar-refractivity contribution is -0.384. The summed E-state index contributed by atoms with van der Waals surface area (Å²) < 4.78 is 14.7. The number of hydrogen-bond donors (Lipinski definition) is 0. The van der Waals surface area contributed by atoms with Crippen LogP contribution in [0.15, 0.2) is 90.7 Å². The van der Waals surface area contributed by atoms with Gasteiger partial charge in [0.15, 0.2) is 4.80 Å². The lowest BCUT2D eigenvalue weighted by Gasteiger charge is -2.24. The van der Waals surface area contributed by atoms with Gasteiger partial charge in [-0.3, -0.25) is 19.5 Å². The van der Waals surface area contributed by atoms with Gasteiger partial charge in [0.25, 0.3) is 11.2 Å². The standard InChI is InChI=1S/C31H25Br2N3O6S/c1-4-41-30(38)26-18(3)34-31-35(27(26)21-9-5-17(2)6-10-21)29(37)25(43-31)15-20-13-23(32)28(24(33)14-20)42-16-19-7-11-22(12-8-19)36(39)40/h5-15,27H,4,16H2,1-3H3/b25-15+/t27-/m0/s1. The van der Waals surface area contributed by atoms with Gasteiger partial charge in [0.1, 0.15) is 12.4 Å². The van der Waals surface area contributed by atoms with Crippen molar-refractivity contribution in [3.63, 3.8) is 0 Å². The first-order valence-electron chi connectivity index (χ1n) is 13.2. The normalized spacial score (nSPS) is 14.7. The van der Waals surface area contributed by atoms with Crippen molar-refractivity contribution in [3.8, 4) is 5.75 Å². The van der Waals surface area contributed by atoms with E-state index in [2.05, 4.69) is 36.9 Å². The number of thiazole rings is 1. The monoisotopic (exact) mass is 725 g/mol. The SMILES string of the molecule is CCOC(=O)C1=C(C)N=c2s/c(=C/c3cc(Br)c(OCc4ccc([N+](=O)[O-])cc4)c(Br)c3)c(=O)n2[C@H]1c1ccc(C)cc1. The number of benzene rings is 3. The number of carbonyl (C=O) groups is 1. The number of esters is 1. The Morgan fingerprint density at radius 3 is 2.35 bits per heavy atom. The number of hydrogen-bond acceptors (Lipinski definition) is 8. The summed E-state index contributed by atoms with van der Waals surface area (Å²) in [5, 5.41) is 10.9. The summed E-state index contributed by atoms with van der Waals surface area (Å²) in [6.07, 6.45) is 1.77. The van der Waals surface area contributed by atoms with E-state index in [0.717, 1.165) is 22.3 Å². The Kier molecular flexibility index (Phi) is 9.09. The number of fused-ring (bicyclic) bond motifs is 1. The molecule has 0 N–H and O–H groups in total. The number of rotatable bonds is 8. The van der Waals surface area contributed by atoms with Crippen LogP contribution in [-0.2, 0) is 16.1 Å². The van der Waals surface area contributed by atoms with Crippen LogP contribution < -0.4 is 19.6 Å². The molecule has 0 fully saturated rings. The molecule has 12 heteroatoms. The summed E-state index contributed by atoms with van der Waals surface area (Å²) in [6.45, 7) is 5.89. The summed E-state index contributed by atoms with van der Waals surface area (Å²) >= 11 is 8.37. The lowest BCUT2D eigenvalue weighted by Crippen LogP contribution is -2.39. The summed E-state index contributed by atoms with van der Waals surface area (Å²) in [7, 11) is 0. The minimum absolute atomic E-state index is 0.0122. The van der Waals surface area contributed by atoms with Gasteiger partial charge in [-0.05, 0) is 99.7 Å². The van der Waals surface area contributed by atoms with Gasteiger partial charge in [-0.2, -0.15) is 0 Å². The highest BCUT2D eigenvalue weighted by atomic mass is 79.9. The second kappa shape index (κ2) is 12.8. The average molecular weight is 727 g/mol. The van der Waals surface area contributed by atoms with E-state index in [1.165, 1.54) is 23.5 Å². The smallest absolute Gasteiger partial charge is 0.338 e. The van der Waals surface area contributed by atoms with Crippen LogP contribution in [0.2, 0.25) is 0 Å². The number of nitro benzene ring substituents is 1. The third-order valence-electron chi connectivity index (χ3n) is 6.76. The molecule has 1 aliphatic rings. The molecule has 220 valence electrons. The minimum atomic E-state index is -0.674. The van der Waals surface area contributed by atoms with Crippen molar-refractivity contribution in [2.24, 2.45) is 4.99 Å². The van der Waals surface area contributed by atoms with E-state index < -0.39 is 16.9 Å². The van der Waals surface area contributed by atoms with Crippen LogP contribution in [0.25, 0.3) is 6.08 Å². The van der Waals surface area contributed by atoms with E-state index in [1.54, 1.807) is 36.6 Å². The average Bonchev–Trinajstić information content (AvgIpc) is 3.26. The van der Waals surface area contributed by atoms with Gasteiger partial charge in [0.05, 0.1) is 42.3 Å². The number of non-ortho nitro benzene ring substituents is 1. The first kappa shape index (κ1) is 30.6. The van der Waals surface area contributed by atoms with Gasteiger partial charge in [0, 0.05) is 12.1 Å². The molecule has 0 saturated carbocycles. The number of halogens is 2. The fraction of sp³-hybridized carbons (Fsp3) is 0.194. The number of aromatic nitrogens is 1. The molecule has 1 aromatic heterocycles. The number of nitro groups is 1. The summed E-state index contributed by atoms with van der Waals surface area (Å²) in [5.74, 6) is 0.0480. The molecule has 0 amide bonds. The van der Waals surface area contributed by atoms with Gasteiger partial charge in [-0.1, -0.05) is 41.2 Å². The maximum absolute atomic E-state index is 13.9. The van der Waals surface area contributed by atoms with Gasteiger partial charge < -0.3 is 9.47 Å². The van der Waals surface area contributed by atoms with Crippen LogP contribution in [-0.4, -0.2) is 22.1 Å². The van der Waals surface area contributed by atoms with E-state index in [0.29, 0.717) is 35.3 Å². The summed E-state index contributed by atoms with van der Waals surface area (Å²) in [4.78, 5) is 42.5. The predicted molar refractivity (Wildman–Crippen MR) is 171 cm³/mol. The molecule has 0 bridgehead atoms. The Labute approximate surface area is 267 Å². The molecule has 0 spiro atoms. The van der Waals surface area contributed by atoms with Crippen LogP contribution in [0, 0.1) is 17.0 Å². The largest absolute Gasteiger partial charge is 0.487 e. The molecule has 43 heavy (non-hydrogen) atoms. The summed E-state index contributed by atoms with van der Waals surface area (Å²) in [5.41, 5.74) is 3.95. The van der Waals surface area contributed by atoms with E-state index in [4.69, 9.17) is 9.47 Å². The van der Waals surface area contributed by atoms with Crippen molar-refractivity contribution >= 4 is 60.9 Å². The van der Waals surface area contributed by atoms with Crippen LogP contribution in [0.4, 0.5) is 5.69 Å². The first-order valence-corrected chi connectivity index (χ1v) is 15.6. The highest BCUT2D eigenvalue weighted by molar-refractivity contribution is 9.11.